The Morgan fingerprint density at radius 3 is 2.35 bits per heavy atom. The van der Waals surface area contributed by atoms with Gasteiger partial charge in [0.15, 0.2) is 0 Å². The van der Waals surface area contributed by atoms with Crippen LogP contribution in [0.4, 0.5) is 4.39 Å². The standard InChI is InChI=1S/C18H20BFO3/c1-17(2)18(3,4)23-19(22-17)16(20)11-13-6-5-7-14(10-13)15-8-9-21-12-15/h5-12H,1-4H3. The highest BCUT2D eigenvalue weighted by Crippen LogP contribution is 2.39. The summed E-state index contributed by atoms with van der Waals surface area (Å²) in [6, 6.07) is 9.44. The minimum absolute atomic E-state index is 0.437. The van der Waals surface area contributed by atoms with Gasteiger partial charge < -0.3 is 13.7 Å². The smallest absolute Gasteiger partial charge is 0.472 e. The van der Waals surface area contributed by atoms with Crippen LogP contribution < -0.4 is 0 Å². The lowest BCUT2D eigenvalue weighted by atomic mass is 9.86. The van der Waals surface area contributed by atoms with Crippen LogP contribution in [-0.2, 0) is 9.31 Å². The van der Waals surface area contributed by atoms with E-state index in [1.807, 2.05) is 58.0 Å². The second-order valence-corrected chi connectivity index (χ2v) is 6.75. The molecule has 1 aromatic heterocycles. The van der Waals surface area contributed by atoms with E-state index in [4.69, 9.17) is 13.7 Å². The molecule has 5 heteroatoms. The molecule has 0 spiro atoms. The van der Waals surface area contributed by atoms with E-state index in [2.05, 4.69) is 0 Å². The van der Waals surface area contributed by atoms with Gasteiger partial charge in [0, 0.05) is 5.56 Å². The molecule has 3 nitrogen and oxygen atoms in total. The molecule has 2 heterocycles. The third kappa shape index (κ3) is 3.12. The summed E-state index contributed by atoms with van der Waals surface area (Å²) in [6.07, 6.45) is 4.72. The molecule has 1 aliphatic heterocycles. The normalized spacial score (nSPS) is 20.0. The lowest BCUT2D eigenvalue weighted by Gasteiger charge is -2.32. The SMILES string of the molecule is CC1(C)OB(C(F)=Cc2cccc(-c3ccoc3)c2)OC1(C)C. The van der Waals surface area contributed by atoms with Crippen LogP contribution in [0.3, 0.4) is 0 Å². The van der Waals surface area contributed by atoms with Gasteiger partial charge in [0.1, 0.15) is 5.73 Å². The summed E-state index contributed by atoms with van der Waals surface area (Å²) in [6.45, 7) is 7.61. The van der Waals surface area contributed by atoms with Gasteiger partial charge in [-0.2, -0.15) is 0 Å². The second-order valence-electron chi connectivity index (χ2n) is 6.75. The van der Waals surface area contributed by atoms with Crippen LogP contribution in [0.1, 0.15) is 33.3 Å². The molecular formula is C18H20BFO3. The highest BCUT2D eigenvalue weighted by atomic mass is 19.1. The molecule has 0 N–H and O–H groups in total. The average molecular weight is 314 g/mol. The molecule has 2 aromatic rings. The van der Waals surface area contributed by atoms with Gasteiger partial charge in [0.25, 0.3) is 0 Å². The molecule has 0 bridgehead atoms. The zero-order valence-corrected chi connectivity index (χ0v) is 13.8. The van der Waals surface area contributed by atoms with Crippen LogP contribution >= 0.6 is 0 Å². The van der Waals surface area contributed by atoms with E-state index >= 15 is 0 Å². The van der Waals surface area contributed by atoms with Crippen LogP contribution in [0, 0.1) is 0 Å². The minimum Gasteiger partial charge on any atom is -0.472 e. The molecule has 0 radical (unpaired) electrons. The zero-order valence-electron chi connectivity index (χ0n) is 13.8. The first kappa shape index (κ1) is 16.0. The third-order valence-electron chi connectivity index (χ3n) is 4.52. The third-order valence-corrected chi connectivity index (χ3v) is 4.52. The minimum atomic E-state index is -0.974. The summed E-state index contributed by atoms with van der Waals surface area (Å²) in [4.78, 5) is 0. The fourth-order valence-electron chi connectivity index (χ4n) is 2.42. The van der Waals surface area contributed by atoms with Crippen molar-refractivity contribution in [1.82, 2.24) is 0 Å². The summed E-state index contributed by atoms with van der Waals surface area (Å²) < 4.78 is 31.1. The molecule has 0 amide bonds. The van der Waals surface area contributed by atoms with Crippen molar-refractivity contribution in [3.63, 3.8) is 0 Å². The number of hydrogen-bond acceptors (Lipinski definition) is 3. The predicted molar refractivity (Wildman–Crippen MR) is 89.3 cm³/mol. The maximum atomic E-state index is 14.5. The molecule has 1 saturated heterocycles. The number of rotatable bonds is 3. The van der Waals surface area contributed by atoms with E-state index < -0.39 is 24.0 Å². The molecule has 120 valence electrons. The fraction of sp³-hybridized carbons (Fsp3) is 0.333. The first-order valence-corrected chi connectivity index (χ1v) is 7.64. The zero-order chi connectivity index (χ0) is 16.7. The van der Waals surface area contributed by atoms with Crippen molar-refractivity contribution in [2.75, 3.05) is 0 Å². The van der Waals surface area contributed by atoms with Gasteiger partial charge in [0.05, 0.1) is 23.7 Å². The summed E-state index contributed by atoms with van der Waals surface area (Å²) in [5.41, 5.74) is 1.12. The van der Waals surface area contributed by atoms with E-state index in [9.17, 15) is 4.39 Å². The summed E-state index contributed by atoms with van der Waals surface area (Å²) >= 11 is 0. The van der Waals surface area contributed by atoms with Crippen molar-refractivity contribution >= 4 is 13.2 Å². The van der Waals surface area contributed by atoms with Gasteiger partial charge in [-0.15, -0.1) is 0 Å². The molecule has 3 rings (SSSR count). The van der Waals surface area contributed by atoms with E-state index in [0.29, 0.717) is 0 Å². The highest BCUT2D eigenvalue weighted by molar-refractivity contribution is 6.54. The Morgan fingerprint density at radius 1 is 1.04 bits per heavy atom. The summed E-state index contributed by atoms with van der Waals surface area (Å²) in [5.74, 6) is 0. The molecule has 0 atom stereocenters. The molecule has 23 heavy (non-hydrogen) atoms. The lowest BCUT2D eigenvalue weighted by Crippen LogP contribution is -2.41. The topological polar surface area (TPSA) is 31.6 Å². The largest absolute Gasteiger partial charge is 0.525 e. The van der Waals surface area contributed by atoms with Gasteiger partial charge >= 0.3 is 7.12 Å². The van der Waals surface area contributed by atoms with Crippen molar-refractivity contribution in [1.29, 1.82) is 0 Å². The Labute approximate surface area is 136 Å². The monoisotopic (exact) mass is 314 g/mol. The first-order valence-electron chi connectivity index (χ1n) is 7.64. The van der Waals surface area contributed by atoms with Crippen LogP contribution in [0.25, 0.3) is 17.2 Å². The van der Waals surface area contributed by atoms with Crippen molar-refractivity contribution in [2.45, 2.75) is 38.9 Å². The molecule has 1 aromatic carbocycles. The predicted octanol–water partition coefficient (Wildman–Crippen LogP) is 4.89. The molecule has 0 saturated carbocycles. The molecule has 0 unspecified atom stereocenters. The maximum Gasteiger partial charge on any atom is 0.525 e. The van der Waals surface area contributed by atoms with Crippen molar-refractivity contribution in [3.05, 3.63) is 54.1 Å². The number of hydrogen-bond donors (Lipinski definition) is 0. The Morgan fingerprint density at radius 2 is 1.74 bits per heavy atom. The van der Waals surface area contributed by atoms with Gasteiger partial charge in [-0.25, -0.2) is 4.39 Å². The van der Waals surface area contributed by atoms with Crippen LogP contribution in [0.15, 0.2) is 53.0 Å². The highest BCUT2D eigenvalue weighted by Gasteiger charge is 2.53. The van der Waals surface area contributed by atoms with Crippen LogP contribution in [0.2, 0.25) is 0 Å². The van der Waals surface area contributed by atoms with Gasteiger partial charge in [-0.1, -0.05) is 18.2 Å². The quantitative estimate of drug-likeness (QED) is 0.756. The fourth-order valence-corrected chi connectivity index (χ4v) is 2.42. The number of halogens is 1. The van der Waals surface area contributed by atoms with Crippen LogP contribution in [0.5, 0.6) is 0 Å². The van der Waals surface area contributed by atoms with E-state index in [-0.39, 0.29) is 0 Å². The Kier molecular flexibility index (Phi) is 3.94. The molecule has 1 aliphatic rings. The van der Waals surface area contributed by atoms with E-state index in [1.54, 1.807) is 12.5 Å². The molecule has 0 aliphatic carbocycles. The summed E-state index contributed by atoms with van der Waals surface area (Å²) in [5, 5.41) is 0. The maximum absolute atomic E-state index is 14.5. The van der Waals surface area contributed by atoms with Crippen LogP contribution in [-0.4, -0.2) is 18.3 Å². The molecule has 1 fully saturated rings. The average Bonchev–Trinajstić information content (AvgIpc) is 3.06. The number of furan rings is 1. The van der Waals surface area contributed by atoms with Crippen molar-refractivity contribution < 1.29 is 18.1 Å². The summed E-state index contributed by atoms with van der Waals surface area (Å²) in [7, 11) is -0.974. The molecular weight excluding hydrogens is 294 g/mol. The van der Waals surface area contributed by atoms with E-state index in [0.717, 1.165) is 16.7 Å². The second kappa shape index (κ2) is 5.66. The Bertz CT molecular complexity index is 704. The Balaban J connectivity index is 1.84. The Hall–Kier alpha value is -1.85. The first-order chi connectivity index (χ1) is 10.8. The van der Waals surface area contributed by atoms with Gasteiger partial charge in [-0.3, -0.25) is 0 Å². The van der Waals surface area contributed by atoms with E-state index in [1.165, 1.54) is 6.08 Å². The number of benzene rings is 1. The van der Waals surface area contributed by atoms with Gasteiger partial charge in [-0.05, 0) is 57.0 Å². The lowest BCUT2D eigenvalue weighted by molar-refractivity contribution is 0.00578. The van der Waals surface area contributed by atoms with Gasteiger partial charge in [0.2, 0.25) is 0 Å². The van der Waals surface area contributed by atoms with Crippen molar-refractivity contribution in [3.8, 4) is 11.1 Å². The van der Waals surface area contributed by atoms with Crippen molar-refractivity contribution in [2.24, 2.45) is 0 Å².